The molecule has 0 N–H and O–H groups in total. The van der Waals surface area contributed by atoms with Crippen LogP contribution in [0.2, 0.25) is 0 Å². The van der Waals surface area contributed by atoms with Crippen LogP contribution in [0.4, 0.5) is 10.5 Å². The second-order valence-electron chi connectivity index (χ2n) is 10.6. The molecule has 4 heteroatoms. The van der Waals surface area contributed by atoms with E-state index in [9.17, 15) is 9.59 Å². The highest BCUT2D eigenvalue weighted by molar-refractivity contribution is 6.23. The Labute approximate surface area is 209 Å². The van der Waals surface area contributed by atoms with E-state index in [2.05, 4.69) is 52.0 Å². The molecule has 3 aromatic rings. The summed E-state index contributed by atoms with van der Waals surface area (Å²) < 4.78 is 0. The predicted molar refractivity (Wildman–Crippen MR) is 143 cm³/mol. The number of hydrogen-bond donors (Lipinski definition) is 0. The fourth-order valence-corrected chi connectivity index (χ4v) is 4.94. The maximum absolute atomic E-state index is 14.0. The van der Waals surface area contributed by atoms with Crippen LogP contribution in [-0.2, 0) is 17.8 Å². The molecule has 0 aliphatic carbocycles. The van der Waals surface area contributed by atoms with Crippen LogP contribution < -0.4 is 4.90 Å². The van der Waals surface area contributed by atoms with Crippen LogP contribution in [0.1, 0.15) is 81.2 Å². The van der Waals surface area contributed by atoms with Crippen molar-refractivity contribution in [2.75, 3.05) is 4.90 Å². The maximum atomic E-state index is 14.0. The molecule has 35 heavy (non-hydrogen) atoms. The van der Waals surface area contributed by atoms with Crippen molar-refractivity contribution in [2.24, 2.45) is 0 Å². The molecule has 0 radical (unpaired) electrons. The molecule has 1 heterocycles. The standard InChI is InChI=1S/C31H36N2O2/c1-21(2)26-17-12-18-27(22(3)4)28(26)33-29(34)31(5,6)32(30(33)35)20-25-16-11-10-15-24(25)19-23-13-8-7-9-14-23/h7-18,21-22H,19-20H2,1-6H3. The van der Waals surface area contributed by atoms with E-state index in [-0.39, 0.29) is 23.8 Å². The number of urea groups is 1. The summed E-state index contributed by atoms with van der Waals surface area (Å²) >= 11 is 0. The normalized spacial score (nSPS) is 15.5. The van der Waals surface area contributed by atoms with Gasteiger partial charge in [0, 0.05) is 6.54 Å². The Balaban J connectivity index is 1.74. The molecule has 0 atom stereocenters. The Morgan fingerprint density at radius 2 is 1.26 bits per heavy atom. The van der Waals surface area contributed by atoms with E-state index in [0.717, 1.165) is 28.8 Å². The summed E-state index contributed by atoms with van der Waals surface area (Å²) in [5, 5.41) is 0. The van der Waals surface area contributed by atoms with Crippen molar-refractivity contribution < 1.29 is 9.59 Å². The van der Waals surface area contributed by atoms with Gasteiger partial charge in [0.1, 0.15) is 5.54 Å². The van der Waals surface area contributed by atoms with Crippen LogP contribution in [0.3, 0.4) is 0 Å². The van der Waals surface area contributed by atoms with Crippen molar-refractivity contribution >= 4 is 17.6 Å². The molecule has 1 aliphatic heterocycles. The molecular weight excluding hydrogens is 432 g/mol. The van der Waals surface area contributed by atoms with Gasteiger partial charge in [-0.05, 0) is 59.9 Å². The zero-order chi connectivity index (χ0) is 25.3. The van der Waals surface area contributed by atoms with E-state index in [4.69, 9.17) is 0 Å². The summed E-state index contributed by atoms with van der Waals surface area (Å²) in [4.78, 5) is 31.0. The summed E-state index contributed by atoms with van der Waals surface area (Å²) in [6, 6.07) is 24.4. The zero-order valence-corrected chi connectivity index (χ0v) is 21.7. The van der Waals surface area contributed by atoms with Gasteiger partial charge in [-0.15, -0.1) is 0 Å². The van der Waals surface area contributed by atoms with E-state index < -0.39 is 5.54 Å². The Hall–Kier alpha value is -3.40. The molecule has 0 unspecified atom stereocenters. The minimum Gasteiger partial charge on any atom is -0.305 e. The third kappa shape index (κ3) is 4.62. The van der Waals surface area contributed by atoms with E-state index >= 15 is 0 Å². The molecule has 182 valence electrons. The average Bonchev–Trinajstić information content (AvgIpc) is 2.99. The van der Waals surface area contributed by atoms with Gasteiger partial charge in [-0.2, -0.15) is 0 Å². The highest BCUT2D eigenvalue weighted by atomic mass is 16.2. The van der Waals surface area contributed by atoms with Crippen molar-refractivity contribution in [1.29, 1.82) is 0 Å². The summed E-state index contributed by atoms with van der Waals surface area (Å²) in [7, 11) is 0. The minimum absolute atomic E-state index is 0.168. The van der Waals surface area contributed by atoms with Gasteiger partial charge in [-0.25, -0.2) is 9.69 Å². The summed E-state index contributed by atoms with van der Waals surface area (Å²) in [5.74, 6) is 0.208. The molecule has 0 aromatic heterocycles. The topological polar surface area (TPSA) is 40.6 Å². The lowest BCUT2D eigenvalue weighted by Gasteiger charge is -2.28. The number of nitrogens with zero attached hydrogens (tertiary/aromatic N) is 2. The predicted octanol–water partition coefficient (Wildman–Crippen LogP) is 7.27. The first-order valence-corrected chi connectivity index (χ1v) is 12.5. The zero-order valence-electron chi connectivity index (χ0n) is 21.7. The molecule has 0 saturated carbocycles. The van der Waals surface area contributed by atoms with Gasteiger partial charge in [0.25, 0.3) is 5.91 Å². The fourth-order valence-electron chi connectivity index (χ4n) is 4.94. The molecule has 1 fully saturated rings. The number of carbonyl (C=O) groups is 2. The monoisotopic (exact) mass is 468 g/mol. The highest BCUT2D eigenvalue weighted by Gasteiger charge is 2.52. The number of imide groups is 1. The third-order valence-electron chi connectivity index (χ3n) is 7.07. The Morgan fingerprint density at radius 3 is 1.83 bits per heavy atom. The Morgan fingerprint density at radius 1 is 0.714 bits per heavy atom. The number of rotatable bonds is 7. The first-order chi connectivity index (χ1) is 16.6. The van der Waals surface area contributed by atoms with Gasteiger partial charge in [-0.3, -0.25) is 4.79 Å². The summed E-state index contributed by atoms with van der Waals surface area (Å²) in [5.41, 5.74) is 5.32. The van der Waals surface area contributed by atoms with E-state index in [1.165, 1.54) is 16.0 Å². The quantitative estimate of drug-likeness (QED) is 0.342. The number of hydrogen-bond acceptors (Lipinski definition) is 2. The van der Waals surface area contributed by atoms with Crippen LogP contribution in [0.25, 0.3) is 0 Å². The lowest BCUT2D eigenvalue weighted by atomic mass is 9.91. The number of anilines is 1. The number of benzene rings is 3. The van der Waals surface area contributed by atoms with Crippen molar-refractivity contribution in [2.45, 2.75) is 71.9 Å². The summed E-state index contributed by atoms with van der Waals surface area (Å²) in [6.07, 6.45) is 0.783. The smallest absolute Gasteiger partial charge is 0.305 e. The SMILES string of the molecule is CC(C)c1cccc(C(C)C)c1N1C(=O)N(Cc2ccccc2Cc2ccccc2)C(C)(C)C1=O. The highest BCUT2D eigenvalue weighted by Crippen LogP contribution is 2.41. The van der Waals surface area contributed by atoms with E-state index in [0.29, 0.717) is 6.54 Å². The first-order valence-electron chi connectivity index (χ1n) is 12.5. The minimum atomic E-state index is -0.949. The molecule has 3 aromatic carbocycles. The molecular formula is C31H36N2O2. The third-order valence-corrected chi connectivity index (χ3v) is 7.07. The van der Waals surface area contributed by atoms with Gasteiger partial charge in [0.2, 0.25) is 0 Å². The molecule has 0 bridgehead atoms. The Kier molecular flexibility index (Phi) is 6.84. The maximum Gasteiger partial charge on any atom is 0.332 e. The van der Waals surface area contributed by atoms with Crippen molar-refractivity contribution in [3.63, 3.8) is 0 Å². The second kappa shape index (κ2) is 9.69. The van der Waals surface area contributed by atoms with E-state index in [1.807, 2.05) is 62.4 Å². The summed E-state index contributed by atoms with van der Waals surface area (Å²) in [6.45, 7) is 12.5. The van der Waals surface area contributed by atoms with Crippen LogP contribution in [0.5, 0.6) is 0 Å². The molecule has 1 saturated heterocycles. The second-order valence-corrected chi connectivity index (χ2v) is 10.6. The Bertz CT molecular complexity index is 1200. The average molecular weight is 469 g/mol. The van der Waals surface area contributed by atoms with Gasteiger partial charge < -0.3 is 4.90 Å². The van der Waals surface area contributed by atoms with Gasteiger partial charge in [0.15, 0.2) is 0 Å². The van der Waals surface area contributed by atoms with Gasteiger partial charge in [-0.1, -0.05) is 100 Å². The van der Waals surface area contributed by atoms with Crippen LogP contribution >= 0.6 is 0 Å². The van der Waals surface area contributed by atoms with Crippen molar-refractivity contribution in [1.82, 2.24) is 4.90 Å². The van der Waals surface area contributed by atoms with Crippen molar-refractivity contribution in [3.05, 3.63) is 101 Å². The molecule has 4 nitrogen and oxygen atoms in total. The lowest BCUT2D eigenvalue weighted by molar-refractivity contribution is -0.123. The van der Waals surface area contributed by atoms with Crippen LogP contribution in [0, 0.1) is 0 Å². The molecule has 1 aliphatic rings. The van der Waals surface area contributed by atoms with Crippen LogP contribution in [0.15, 0.2) is 72.8 Å². The van der Waals surface area contributed by atoms with Gasteiger partial charge in [0.05, 0.1) is 5.69 Å². The van der Waals surface area contributed by atoms with Crippen molar-refractivity contribution in [3.8, 4) is 0 Å². The number of amides is 3. The van der Waals surface area contributed by atoms with Crippen LogP contribution in [-0.4, -0.2) is 22.4 Å². The van der Waals surface area contributed by atoms with E-state index in [1.54, 1.807) is 4.90 Å². The number of para-hydroxylation sites is 1. The molecule has 0 spiro atoms. The first kappa shape index (κ1) is 24.7. The van der Waals surface area contributed by atoms with Gasteiger partial charge >= 0.3 is 6.03 Å². The lowest BCUT2D eigenvalue weighted by Crippen LogP contribution is -2.43. The molecule has 4 rings (SSSR count). The largest absolute Gasteiger partial charge is 0.332 e. The fraction of sp³-hybridized carbons (Fsp3) is 0.355. The molecule has 3 amide bonds. The number of carbonyl (C=O) groups excluding carboxylic acids is 2.